The van der Waals surface area contributed by atoms with Crippen LogP contribution in [-0.2, 0) is 15.5 Å². The summed E-state index contributed by atoms with van der Waals surface area (Å²) < 4.78 is 35.1. The minimum atomic E-state index is -3.08. The second-order valence-electron chi connectivity index (χ2n) is 7.93. The highest BCUT2D eigenvalue weighted by molar-refractivity contribution is 5.95. The number of carbonyl (C=O) groups excluding carboxylic acids is 1. The van der Waals surface area contributed by atoms with Crippen molar-refractivity contribution in [2.75, 3.05) is 23.3 Å². The van der Waals surface area contributed by atoms with Crippen LogP contribution in [-0.4, -0.2) is 51.0 Å². The molecule has 0 unspecified atom stereocenters. The van der Waals surface area contributed by atoms with E-state index < -0.39 is 5.92 Å². The minimum Gasteiger partial charge on any atom is -0.372 e. The molecule has 4 heterocycles. The zero-order valence-electron chi connectivity index (χ0n) is 17.8. The Morgan fingerprint density at radius 1 is 1.26 bits per heavy atom. The van der Waals surface area contributed by atoms with Gasteiger partial charge >= 0.3 is 0 Å². The van der Waals surface area contributed by atoms with Crippen molar-refractivity contribution < 1.29 is 18.3 Å². The Balaban J connectivity index is 1.88. The van der Waals surface area contributed by atoms with Crippen molar-refractivity contribution in [3.05, 3.63) is 36.2 Å². The summed E-state index contributed by atoms with van der Waals surface area (Å²) in [6.07, 6.45) is 1.65. The first-order chi connectivity index (χ1) is 14.6. The fourth-order valence-electron chi connectivity index (χ4n) is 3.79. The van der Waals surface area contributed by atoms with Gasteiger partial charge in [0, 0.05) is 39.2 Å². The number of morpholine rings is 1. The summed E-state index contributed by atoms with van der Waals surface area (Å²) in [7, 11) is 0. The third kappa shape index (κ3) is 4.34. The Hall–Kier alpha value is -3.14. The first-order valence-electron chi connectivity index (χ1n) is 10.0. The number of aromatic nitrogens is 4. The first-order valence-corrected chi connectivity index (χ1v) is 10.0. The molecule has 4 rings (SSSR count). The molecule has 1 fully saturated rings. The van der Waals surface area contributed by atoms with E-state index in [1.807, 2.05) is 13.8 Å². The summed E-state index contributed by atoms with van der Waals surface area (Å²) in [6.45, 7) is 7.43. The van der Waals surface area contributed by atoms with E-state index in [1.54, 1.807) is 18.3 Å². The van der Waals surface area contributed by atoms with Crippen LogP contribution in [0.5, 0.6) is 0 Å². The molecular weight excluding hydrogens is 406 g/mol. The highest BCUT2D eigenvalue weighted by Crippen LogP contribution is 2.32. The number of pyridine rings is 2. The Bertz CT molecular complexity index is 1120. The average Bonchev–Trinajstić information content (AvgIpc) is 3.05. The van der Waals surface area contributed by atoms with Crippen molar-refractivity contribution in [3.8, 4) is 5.82 Å². The Morgan fingerprint density at radius 2 is 1.97 bits per heavy atom. The quantitative estimate of drug-likeness (QED) is 0.682. The van der Waals surface area contributed by atoms with Crippen LogP contribution >= 0.6 is 0 Å². The molecule has 3 aromatic heterocycles. The highest BCUT2D eigenvalue weighted by Gasteiger charge is 2.29. The third-order valence-corrected chi connectivity index (χ3v) is 4.97. The number of rotatable bonds is 4. The predicted molar refractivity (Wildman–Crippen MR) is 113 cm³/mol. The largest absolute Gasteiger partial charge is 0.372 e. The topological polar surface area (TPSA) is 85.2 Å². The summed E-state index contributed by atoms with van der Waals surface area (Å²) in [4.78, 5) is 22.0. The van der Waals surface area contributed by atoms with Crippen LogP contribution in [0.2, 0.25) is 0 Å². The predicted octanol–water partition coefficient (Wildman–Crippen LogP) is 3.50. The number of ether oxygens (including phenoxy) is 1. The lowest BCUT2D eigenvalue weighted by Gasteiger charge is -2.35. The smallest absolute Gasteiger partial charge is 0.287 e. The van der Waals surface area contributed by atoms with E-state index in [4.69, 9.17) is 9.84 Å². The summed E-state index contributed by atoms with van der Waals surface area (Å²) in [6, 6.07) is 6.09. The van der Waals surface area contributed by atoms with E-state index in [1.165, 1.54) is 23.7 Å². The monoisotopic (exact) mass is 430 g/mol. The van der Waals surface area contributed by atoms with Gasteiger partial charge in [-0.25, -0.2) is 14.6 Å². The molecule has 1 amide bonds. The van der Waals surface area contributed by atoms with Gasteiger partial charge in [-0.3, -0.25) is 4.79 Å². The van der Waals surface area contributed by atoms with Crippen LogP contribution < -0.4 is 10.2 Å². The molecule has 1 N–H and O–H groups in total. The zero-order chi connectivity index (χ0) is 22.3. The molecule has 1 aliphatic heterocycles. The van der Waals surface area contributed by atoms with Crippen LogP contribution in [0.1, 0.15) is 33.4 Å². The maximum absolute atomic E-state index is 13.9. The van der Waals surface area contributed by atoms with Gasteiger partial charge < -0.3 is 15.0 Å². The second-order valence-corrected chi connectivity index (χ2v) is 7.93. The highest BCUT2D eigenvalue weighted by atomic mass is 19.3. The molecule has 0 bridgehead atoms. The first kappa shape index (κ1) is 21.1. The Labute approximate surface area is 178 Å². The average molecular weight is 430 g/mol. The van der Waals surface area contributed by atoms with Crippen LogP contribution in [0.15, 0.2) is 30.5 Å². The van der Waals surface area contributed by atoms with Gasteiger partial charge in [0.05, 0.1) is 23.1 Å². The van der Waals surface area contributed by atoms with Crippen LogP contribution in [0.25, 0.3) is 16.7 Å². The summed E-state index contributed by atoms with van der Waals surface area (Å²) >= 11 is 0. The fourth-order valence-corrected chi connectivity index (χ4v) is 3.79. The standard InChI is InChI=1S/C21H24F2N6O2/c1-12-10-28(11-13(2)31-12)20-15-9-24-18(25-14(3)30)8-16(15)29(27-20)19-7-5-6-17(26-19)21(4,22)23/h5-9,12-13H,10-11H2,1-4H3,(H,24,25,30)/t12-,13+. The number of nitrogens with zero attached hydrogens (tertiary/aromatic N) is 5. The van der Waals surface area contributed by atoms with Crippen molar-refractivity contribution in [1.82, 2.24) is 19.7 Å². The van der Waals surface area contributed by atoms with Crippen LogP contribution in [0.4, 0.5) is 20.4 Å². The number of hydrogen-bond acceptors (Lipinski definition) is 6. The van der Waals surface area contributed by atoms with Crippen LogP contribution in [0.3, 0.4) is 0 Å². The molecular formula is C21H24F2N6O2. The van der Waals surface area contributed by atoms with Gasteiger partial charge in [0.1, 0.15) is 11.5 Å². The molecule has 0 radical (unpaired) electrons. The van der Waals surface area contributed by atoms with Gasteiger partial charge in [0.15, 0.2) is 11.6 Å². The summed E-state index contributed by atoms with van der Waals surface area (Å²) in [5, 5.41) is 8.10. The normalized spacial score (nSPS) is 19.6. The molecule has 0 aliphatic carbocycles. The number of anilines is 2. The van der Waals surface area contributed by atoms with Crippen molar-refractivity contribution >= 4 is 28.4 Å². The molecule has 8 nitrogen and oxygen atoms in total. The number of nitrogens with one attached hydrogen (secondary N) is 1. The molecule has 1 saturated heterocycles. The number of alkyl halides is 2. The van der Waals surface area contributed by atoms with Gasteiger partial charge in [-0.2, -0.15) is 8.78 Å². The minimum absolute atomic E-state index is 0.01000. The molecule has 0 aromatic carbocycles. The SMILES string of the molecule is CC(=O)Nc1cc2c(cn1)c(N1C[C@@H](C)O[C@@H](C)C1)nn2-c1cccc(C(C)(F)F)n1. The van der Waals surface area contributed by atoms with E-state index >= 15 is 0 Å². The van der Waals surface area contributed by atoms with Gasteiger partial charge in [-0.15, -0.1) is 5.10 Å². The second kappa shape index (κ2) is 7.84. The van der Waals surface area contributed by atoms with Crippen molar-refractivity contribution in [2.24, 2.45) is 0 Å². The van der Waals surface area contributed by atoms with Gasteiger partial charge in [-0.05, 0) is 26.0 Å². The molecule has 3 aromatic rings. The molecule has 10 heteroatoms. The van der Waals surface area contributed by atoms with E-state index in [0.29, 0.717) is 30.2 Å². The van der Waals surface area contributed by atoms with Crippen molar-refractivity contribution in [1.29, 1.82) is 0 Å². The number of fused-ring (bicyclic) bond motifs is 1. The Kier molecular flexibility index (Phi) is 5.34. The van der Waals surface area contributed by atoms with E-state index in [0.717, 1.165) is 12.3 Å². The maximum atomic E-state index is 13.9. The Morgan fingerprint density at radius 3 is 2.61 bits per heavy atom. The molecule has 0 spiro atoms. The number of halogens is 2. The van der Waals surface area contributed by atoms with Crippen molar-refractivity contribution in [2.45, 2.75) is 45.8 Å². The maximum Gasteiger partial charge on any atom is 0.287 e. The van der Waals surface area contributed by atoms with E-state index in [-0.39, 0.29) is 29.6 Å². The lowest BCUT2D eigenvalue weighted by atomic mass is 10.2. The molecule has 164 valence electrons. The lowest BCUT2D eigenvalue weighted by molar-refractivity contribution is -0.114. The molecule has 1 aliphatic rings. The van der Waals surface area contributed by atoms with Crippen molar-refractivity contribution in [3.63, 3.8) is 0 Å². The molecule has 2 atom stereocenters. The van der Waals surface area contributed by atoms with Gasteiger partial charge in [0.25, 0.3) is 5.92 Å². The summed E-state index contributed by atoms with van der Waals surface area (Å²) in [5.41, 5.74) is 0.254. The van der Waals surface area contributed by atoms with Gasteiger partial charge in [0.2, 0.25) is 5.91 Å². The number of carbonyl (C=O) groups is 1. The lowest BCUT2D eigenvalue weighted by Crippen LogP contribution is -2.45. The van der Waals surface area contributed by atoms with E-state index in [9.17, 15) is 13.6 Å². The summed E-state index contributed by atoms with van der Waals surface area (Å²) in [5.74, 6) is -2.09. The number of amides is 1. The fraction of sp³-hybridized carbons (Fsp3) is 0.429. The molecule has 31 heavy (non-hydrogen) atoms. The molecule has 0 saturated carbocycles. The number of hydrogen-bond donors (Lipinski definition) is 1. The van der Waals surface area contributed by atoms with Gasteiger partial charge in [-0.1, -0.05) is 6.07 Å². The zero-order valence-corrected chi connectivity index (χ0v) is 17.8. The third-order valence-electron chi connectivity index (χ3n) is 4.97. The van der Waals surface area contributed by atoms with Crippen LogP contribution in [0, 0.1) is 0 Å². The van der Waals surface area contributed by atoms with E-state index in [2.05, 4.69) is 20.2 Å².